The van der Waals surface area contributed by atoms with Gasteiger partial charge in [-0.05, 0) is 49.4 Å². The highest BCUT2D eigenvalue weighted by Crippen LogP contribution is 2.36. The topological polar surface area (TPSA) is 12.0 Å². The molecular formula is C14H20FN. The van der Waals surface area contributed by atoms with Gasteiger partial charge in [0.1, 0.15) is 5.82 Å². The maximum atomic E-state index is 13.3. The van der Waals surface area contributed by atoms with Crippen LogP contribution in [-0.2, 0) is 5.54 Å². The molecule has 88 valence electrons. The molecule has 2 rings (SSSR count). The van der Waals surface area contributed by atoms with Gasteiger partial charge in [-0.25, -0.2) is 4.39 Å². The molecule has 0 spiro atoms. The fourth-order valence-corrected chi connectivity index (χ4v) is 2.83. The van der Waals surface area contributed by atoms with Gasteiger partial charge in [0.2, 0.25) is 0 Å². The summed E-state index contributed by atoms with van der Waals surface area (Å²) >= 11 is 0. The fraction of sp³-hybridized carbons (Fsp3) is 0.571. The second-order valence-electron chi connectivity index (χ2n) is 5.22. The van der Waals surface area contributed by atoms with Gasteiger partial charge in [-0.15, -0.1) is 0 Å². The number of hydrogen-bond acceptors (Lipinski definition) is 1. The summed E-state index contributed by atoms with van der Waals surface area (Å²) < 4.78 is 13.3. The van der Waals surface area contributed by atoms with E-state index in [1.54, 1.807) is 6.07 Å². The van der Waals surface area contributed by atoms with Crippen LogP contribution >= 0.6 is 0 Å². The molecule has 1 aliphatic heterocycles. The summed E-state index contributed by atoms with van der Waals surface area (Å²) in [5.74, 6) is 0.489. The van der Waals surface area contributed by atoms with E-state index < -0.39 is 0 Å². The Hall–Kier alpha value is -0.890. The Morgan fingerprint density at radius 1 is 1.44 bits per heavy atom. The van der Waals surface area contributed by atoms with E-state index in [2.05, 4.69) is 19.2 Å². The first-order valence-corrected chi connectivity index (χ1v) is 6.13. The Balaban J connectivity index is 2.31. The molecule has 1 atom stereocenters. The molecule has 1 saturated heterocycles. The van der Waals surface area contributed by atoms with Crippen molar-refractivity contribution in [2.75, 3.05) is 6.54 Å². The van der Waals surface area contributed by atoms with Crippen LogP contribution < -0.4 is 5.32 Å². The van der Waals surface area contributed by atoms with E-state index in [1.165, 1.54) is 12.5 Å². The van der Waals surface area contributed by atoms with Crippen LogP contribution in [0.2, 0.25) is 0 Å². The molecular weight excluding hydrogens is 201 g/mol. The summed E-state index contributed by atoms with van der Waals surface area (Å²) in [6.07, 6.45) is 3.38. The molecule has 0 saturated carbocycles. The van der Waals surface area contributed by atoms with Crippen molar-refractivity contribution in [1.29, 1.82) is 0 Å². The van der Waals surface area contributed by atoms with Crippen molar-refractivity contribution < 1.29 is 4.39 Å². The molecule has 1 aliphatic rings. The van der Waals surface area contributed by atoms with Crippen LogP contribution in [-0.4, -0.2) is 6.54 Å². The Morgan fingerprint density at radius 3 is 2.81 bits per heavy atom. The molecule has 0 aromatic heterocycles. The smallest absolute Gasteiger partial charge is 0.123 e. The lowest BCUT2D eigenvalue weighted by atomic mass is 9.81. The van der Waals surface area contributed by atoms with Crippen LogP contribution in [0.5, 0.6) is 0 Å². The summed E-state index contributed by atoms with van der Waals surface area (Å²) in [6, 6.07) is 7.05. The van der Waals surface area contributed by atoms with Gasteiger partial charge in [0.05, 0.1) is 0 Å². The molecule has 0 bridgehead atoms. The third kappa shape index (κ3) is 2.27. The van der Waals surface area contributed by atoms with Gasteiger partial charge in [0.25, 0.3) is 0 Å². The van der Waals surface area contributed by atoms with Crippen molar-refractivity contribution in [3.05, 3.63) is 35.6 Å². The average Bonchev–Trinajstić information content (AvgIpc) is 2.66. The molecule has 0 aliphatic carbocycles. The Bertz CT molecular complexity index is 354. The van der Waals surface area contributed by atoms with Crippen LogP contribution in [0.15, 0.2) is 24.3 Å². The minimum atomic E-state index is -0.130. The van der Waals surface area contributed by atoms with E-state index >= 15 is 0 Å². The van der Waals surface area contributed by atoms with E-state index in [-0.39, 0.29) is 11.4 Å². The predicted molar refractivity (Wildman–Crippen MR) is 64.8 cm³/mol. The standard InChI is InChI=1S/C14H20FN/c1-11(2)10-14(7-4-8-16-14)12-5-3-6-13(15)9-12/h3,5-6,9,11,16H,4,7-8,10H2,1-2H3. The molecule has 1 fully saturated rings. The zero-order valence-corrected chi connectivity index (χ0v) is 10.1. The molecule has 1 unspecified atom stereocenters. The van der Waals surface area contributed by atoms with Crippen LogP contribution in [0, 0.1) is 11.7 Å². The van der Waals surface area contributed by atoms with E-state index in [4.69, 9.17) is 0 Å². The third-order valence-electron chi connectivity index (χ3n) is 3.38. The highest BCUT2D eigenvalue weighted by Gasteiger charge is 2.35. The summed E-state index contributed by atoms with van der Waals surface area (Å²) in [6.45, 7) is 5.49. The van der Waals surface area contributed by atoms with Crippen molar-refractivity contribution in [3.63, 3.8) is 0 Å². The first kappa shape index (κ1) is 11.6. The quantitative estimate of drug-likeness (QED) is 0.824. The summed E-state index contributed by atoms with van der Waals surface area (Å²) in [4.78, 5) is 0. The molecule has 1 aromatic carbocycles. The zero-order chi connectivity index (χ0) is 11.6. The molecule has 0 radical (unpaired) electrons. The molecule has 1 nitrogen and oxygen atoms in total. The predicted octanol–water partition coefficient (Wildman–Crippen LogP) is 3.45. The van der Waals surface area contributed by atoms with E-state index in [0.717, 1.165) is 24.9 Å². The maximum absolute atomic E-state index is 13.3. The fourth-order valence-electron chi connectivity index (χ4n) is 2.83. The summed E-state index contributed by atoms with van der Waals surface area (Å²) in [5, 5.41) is 3.58. The lowest BCUT2D eigenvalue weighted by Gasteiger charge is -2.32. The lowest BCUT2D eigenvalue weighted by Crippen LogP contribution is -2.38. The summed E-state index contributed by atoms with van der Waals surface area (Å²) in [5.41, 5.74) is 1.12. The highest BCUT2D eigenvalue weighted by atomic mass is 19.1. The Labute approximate surface area is 97.1 Å². The normalized spacial score (nSPS) is 25.2. The first-order chi connectivity index (χ1) is 7.62. The molecule has 1 aromatic rings. The first-order valence-electron chi connectivity index (χ1n) is 6.13. The van der Waals surface area contributed by atoms with E-state index in [1.807, 2.05) is 12.1 Å². The van der Waals surface area contributed by atoms with Crippen molar-refractivity contribution >= 4 is 0 Å². The van der Waals surface area contributed by atoms with Gasteiger partial charge >= 0.3 is 0 Å². The average molecular weight is 221 g/mol. The van der Waals surface area contributed by atoms with Gasteiger partial charge in [-0.1, -0.05) is 26.0 Å². The van der Waals surface area contributed by atoms with Gasteiger partial charge < -0.3 is 5.32 Å². The van der Waals surface area contributed by atoms with Crippen molar-refractivity contribution in [2.45, 2.75) is 38.6 Å². The Morgan fingerprint density at radius 2 is 2.25 bits per heavy atom. The zero-order valence-electron chi connectivity index (χ0n) is 10.1. The minimum absolute atomic E-state index is 0.0102. The number of benzene rings is 1. The van der Waals surface area contributed by atoms with Gasteiger partial charge in [-0.3, -0.25) is 0 Å². The van der Waals surface area contributed by atoms with Gasteiger partial charge in [0.15, 0.2) is 0 Å². The number of hydrogen-bond donors (Lipinski definition) is 1. The van der Waals surface area contributed by atoms with E-state index in [0.29, 0.717) is 5.92 Å². The minimum Gasteiger partial charge on any atom is -0.307 e. The van der Waals surface area contributed by atoms with Crippen LogP contribution in [0.1, 0.15) is 38.7 Å². The van der Waals surface area contributed by atoms with Crippen LogP contribution in [0.25, 0.3) is 0 Å². The van der Waals surface area contributed by atoms with Crippen LogP contribution in [0.3, 0.4) is 0 Å². The van der Waals surface area contributed by atoms with Crippen molar-refractivity contribution in [2.24, 2.45) is 5.92 Å². The lowest BCUT2D eigenvalue weighted by molar-refractivity contribution is 0.310. The number of rotatable bonds is 3. The molecule has 2 heteroatoms. The molecule has 1 N–H and O–H groups in total. The molecule has 1 heterocycles. The maximum Gasteiger partial charge on any atom is 0.123 e. The molecule has 16 heavy (non-hydrogen) atoms. The van der Waals surface area contributed by atoms with E-state index in [9.17, 15) is 4.39 Å². The number of nitrogens with one attached hydrogen (secondary N) is 1. The monoisotopic (exact) mass is 221 g/mol. The second kappa shape index (κ2) is 4.54. The van der Waals surface area contributed by atoms with Crippen LogP contribution in [0.4, 0.5) is 4.39 Å². The van der Waals surface area contributed by atoms with Gasteiger partial charge in [-0.2, -0.15) is 0 Å². The number of halogens is 1. The molecule has 0 amide bonds. The largest absolute Gasteiger partial charge is 0.307 e. The Kier molecular flexibility index (Phi) is 3.29. The third-order valence-corrected chi connectivity index (χ3v) is 3.38. The SMILES string of the molecule is CC(C)CC1(c2cccc(F)c2)CCCN1. The van der Waals surface area contributed by atoms with Crippen molar-refractivity contribution in [1.82, 2.24) is 5.32 Å². The summed E-state index contributed by atoms with van der Waals surface area (Å²) in [7, 11) is 0. The highest BCUT2D eigenvalue weighted by molar-refractivity contribution is 5.26. The van der Waals surface area contributed by atoms with Crippen molar-refractivity contribution in [3.8, 4) is 0 Å². The van der Waals surface area contributed by atoms with Gasteiger partial charge in [0, 0.05) is 5.54 Å². The second-order valence-corrected chi connectivity index (χ2v) is 5.22.